The van der Waals surface area contributed by atoms with Gasteiger partial charge in [-0.15, -0.1) is 0 Å². The summed E-state index contributed by atoms with van der Waals surface area (Å²) in [5.41, 5.74) is 2.96. The molecular formula is C16H22N4O. The van der Waals surface area contributed by atoms with E-state index in [9.17, 15) is 4.79 Å². The average molecular weight is 286 g/mol. The first-order valence-corrected chi connectivity index (χ1v) is 7.05. The molecule has 0 aliphatic carbocycles. The Morgan fingerprint density at radius 2 is 1.95 bits per heavy atom. The van der Waals surface area contributed by atoms with E-state index in [1.807, 2.05) is 31.3 Å². The maximum atomic E-state index is 12.8. The minimum Gasteiger partial charge on any atom is -0.337 e. The summed E-state index contributed by atoms with van der Waals surface area (Å²) >= 11 is 0. The number of nitrogens with two attached hydrogens (primary N) is 1. The first-order valence-electron chi connectivity index (χ1n) is 7.05. The molecule has 0 aliphatic heterocycles. The van der Waals surface area contributed by atoms with Crippen LogP contribution in [0.5, 0.6) is 0 Å². The zero-order valence-corrected chi connectivity index (χ0v) is 13.0. The number of fused-ring (bicyclic) bond motifs is 1. The minimum absolute atomic E-state index is 0.0332. The number of nitrogens with one attached hydrogen (secondary N) is 1. The fourth-order valence-electron chi connectivity index (χ4n) is 2.17. The van der Waals surface area contributed by atoms with Crippen molar-refractivity contribution in [1.29, 1.82) is 0 Å². The number of rotatable bonds is 4. The smallest absolute Gasteiger partial charge is 0.256 e. The highest BCUT2D eigenvalue weighted by Gasteiger charge is 2.27. The van der Waals surface area contributed by atoms with E-state index in [1.54, 1.807) is 11.1 Å². The number of nitrogens with zero attached hydrogens (tertiary/aromatic N) is 2. The second-order valence-corrected chi connectivity index (χ2v) is 5.74. The molecule has 1 aromatic carbocycles. The molecule has 0 fully saturated rings. The molecule has 0 aliphatic rings. The first-order chi connectivity index (χ1) is 9.92. The largest absolute Gasteiger partial charge is 0.337 e. The number of hydrogen-bond donors (Lipinski definition) is 2. The molecular weight excluding hydrogens is 264 g/mol. The van der Waals surface area contributed by atoms with Gasteiger partial charge in [-0.2, -0.15) is 0 Å². The molecule has 0 spiro atoms. The first kappa shape index (κ1) is 15.3. The number of carbonyl (C=O) groups excluding carboxylic acids is 1. The quantitative estimate of drug-likeness (QED) is 0.669. The Balaban J connectivity index is 2.55. The number of hydrazine groups is 1. The number of nitrogen functional groups attached to an aromatic ring is 1. The zero-order valence-electron chi connectivity index (χ0n) is 13.0. The van der Waals surface area contributed by atoms with Crippen molar-refractivity contribution in [1.82, 2.24) is 9.88 Å². The number of carbonyl (C=O) groups is 1. The van der Waals surface area contributed by atoms with Crippen LogP contribution >= 0.6 is 0 Å². The molecule has 0 unspecified atom stereocenters. The van der Waals surface area contributed by atoms with E-state index in [2.05, 4.69) is 31.2 Å². The van der Waals surface area contributed by atoms with E-state index < -0.39 is 0 Å². The Kier molecular flexibility index (Phi) is 4.14. The predicted octanol–water partition coefficient (Wildman–Crippen LogP) is 2.78. The Hall–Kier alpha value is -2.14. The third-order valence-electron chi connectivity index (χ3n) is 4.24. The van der Waals surface area contributed by atoms with Crippen molar-refractivity contribution in [3.05, 3.63) is 36.0 Å². The fourth-order valence-corrected chi connectivity index (χ4v) is 2.17. The lowest BCUT2D eigenvalue weighted by molar-refractivity contribution is 0.0622. The van der Waals surface area contributed by atoms with Crippen molar-refractivity contribution in [2.24, 2.45) is 5.84 Å². The highest BCUT2D eigenvalue weighted by molar-refractivity contribution is 6.09. The van der Waals surface area contributed by atoms with E-state index in [0.29, 0.717) is 11.4 Å². The molecule has 0 atom stereocenters. The molecule has 2 rings (SSSR count). The maximum Gasteiger partial charge on any atom is 0.256 e. The molecule has 112 valence electrons. The van der Waals surface area contributed by atoms with Crippen LogP contribution in [0.2, 0.25) is 0 Å². The number of hydrogen-bond acceptors (Lipinski definition) is 4. The Morgan fingerprint density at radius 3 is 2.52 bits per heavy atom. The van der Waals surface area contributed by atoms with Crippen molar-refractivity contribution in [3.8, 4) is 0 Å². The Bertz CT molecular complexity index is 666. The molecule has 0 radical (unpaired) electrons. The van der Waals surface area contributed by atoms with Crippen molar-refractivity contribution >= 4 is 22.5 Å². The Morgan fingerprint density at radius 1 is 1.33 bits per heavy atom. The molecule has 0 bridgehead atoms. The summed E-state index contributed by atoms with van der Waals surface area (Å²) in [5, 5.41) is 1.69. The van der Waals surface area contributed by atoms with Gasteiger partial charge in [0.1, 0.15) is 5.82 Å². The minimum atomic E-state index is -0.205. The number of anilines is 1. The monoisotopic (exact) mass is 286 g/mol. The molecule has 5 heteroatoms. The van der Waals surface area contributed by atoms with Crippen LogP contribution in [-0.2, 0) is 0 Å². The van der Waals surface area contributed by atoms with E-state index in [4.69, 9.17) is 5.84 Å². The molecule has 1 heterocycles. The highest BCUT2D eigenvalue weighted by atomic mass is 16.2. The topological polar surface area (TPSA) is 71.2 Å². The zero-order chi connectivity index (χ0) is 15.6. The lowest BCUT2D eigenvalue weighted by atomic mass is 9.98. The lowest BCUT2D eigenvalue weighted by Crippen LogP contribution is -2.44. The number of benzene rings is 1. The molecule has 2 aromatic rings. The molecule has 21 heavy (non-hydrogen) atoms. The number of aromatic nitrogens is 1. The van der Waals surface area contributed by atoms with Gasteiger partial charge in [0.15, 0.2) is 0 Å². The molecule has 0 saturated heterocycles. The van der Waals surface area contributed by atoms with Gasteiger partial charge in [0.2, 0.25) is 0 Å². The van der Waals surface area contributed by atoms with Crippen LogP contribution in [0, 0.1) is 0 Å². The predicted molar refractivity (Wildman–Crippen MR) is 86.0 cm³/mol. The maximum absolute atomic E-state index is 12.8. The van der Waals surface area contributed by atoms with Crippen molar-refractivity contribution in [2.75, 3.05) is 12.5 Å². The summed E-state index contributed by atoms with van der Waals surface area (Å²) in [4.78, 5) is 18.8. The number of pyridine rings is 1. The third-order valence-corrected chi connectivity index (χ3v) is 4.24. The summed E-state index contributed by atoms with van der Waals surface area (Å²) < 4.78 is 0. The SMILES string of the molecule is CCC(C)(C)N(C)C(=O)c1cnc(NN)c2ccccc12. The summed E-state index contributed by atoms with van der Waals surface area (Å²) in [6.07, 6.45) is 2.46. The van der Waals surface area contributed by atoms with Crippen molar-refractivity contribution in [2.45, 2.75) is 32.7 Å². The van der Waals surface area contributed by atoms with Gasteiger partial charge in [-0.3, -0.25) is 4.79 Å². The van der Waals surface area contributed by atoms with E-state index in [1.165, 1.54) is 0 Å². The Labute approximate surface area is 125 Å². The molecule has 0 saturated carbocycles. The average Bonchev–Trinajstić information content (AvgIpc) is 2.52. The van der Waals surface area contributed by atoms with Crippen LogP contribution in [0.1, 0.15) is 37.6 Å². The van der Waals surface area contributed by atoms with Gasteiger partial charge in [0, 0.05) is 24.2 Å². The van der Waals surface area contributed by atoms with E-state index in [-0.39, 0.29) is 11.4 Å². The standard InChI is InChI=1S/C16H22N4O/c1-5-16(2,3)20(4)15(21)13-10-18-14(19-17)12-9-7-6-8-11(12)13/h6-10H,5,17H2,1-4H3,(H,18,19). The molecule has 1 amide bonds. The van der Waals surface area contributed by atoms with Crippen LogP contribution in [0.25, 0.3) is 10.8 Å². The third kappa shape index (κ3) is 2.69. The van der Waals surface area contributed by atoms with Gasteiger partial charge in [-0.1, -0.05) is 31.2 Å². The fraction of sp³-hybridized carbons (Fsp3) is 0.375. The van der Waals surface area contributed by atoms with Gasteiger partial charge in [0.25, 0.3) is 5.91 Å². The van der Waals surface area contributed by atoms with Gasteiger partial charge < -0.3 is 10.3 Å². The van der Waals surface area contributed by atoms with Gasteiger partial charge in [0.05, 0.1) is 5.56 Å². The number of amides is 1. The van der Waals surface area contributed by atoms with Crippen LogP contribution in [-0.4, -0.2) is 28.4 Å². The molecule has 1 aromatic heterocycles. The van der Waals surface area contributed by atoms with Gasteiger partial charge >= 0.3 is 0 Å². The van der Waals surface area contributed by atoms with Crippen LogP contribution < -0.4 is 11.3 Å². The van der Waals surface area contributed by atoms with Gasteiger partial charge in [-0.25, -0.2) is 10.8 Å². The summed E-state index contributed by atoms with van der Waals surface area (Å²) in [7, 11) is 1.83. The second kappa shape index (κ2) is 5.69. The molecule has 5 nitrogen and oxygen atoms in total. The van der Waals surface area contributed by atoms with Crippen LogP contribution in [0.3, 0.4) is 0 Å². The second-order valence-electron chi connectivity index (χ2n) is 5.74. The van der Waals surface area contributed by atoms with E-state index in [0.717, 1.165) is 17.2 Å². The normalized spacial score (nSPS) is 11.5. The molecule has 3 N–H and O–H groups in total. The van der Waals surface area contributed by atoms with Crippen LogP contribution in [0.4, 0.5) is 5.82 Å². The van der Waals surface area contributed by atoms with E-state index >= 15 is 0 Å². The summed E-state index contributed by atoms with van der Waals surface area (Å²) in [6, 6.07) is 7.63. The lowest BCUT2D eigenvalue weighted by Gasteiger charge is -2.35. The van der Waals surface area contributed by atoms with Gasteiger partial charge in [-0.05, 0) is 25.7 Å². The summed E-state index contributed by atoms with van der Waals surface area (Å²) in [6.45, 7) is 6.17. The van der Waals surface area contributed by atoms with Crippen molar-refractivity contribution < 1.29 is 4.79 Å². The highest BCUT2D eigenvalue weighted by Crippen LogP contribution is 2.27. The van der Waals surface area contributed by atoms with Crippen molar-refractivity contribution in [3.63, 3.8) is 0 Å². The summed E-state index contributed by atoms with van der Waals surface area (Å²) in [5.74, 6) is 6.02. The van der Waals surface area contributed by atoms with Crippen LogP contribution in [0.15, 0.2) is 30.5 Å².